The highest BCUT2D eigenvalue weighted by atomic mass is 19.3. The second-order valence-corrected chi connectivity index (χ2v) is 4.77. The Morgan fingerprint density at radius 2 is 2.19 bits per heavy atom. The van der Waals surface area contributed by atoms with Crippen molar-refractivity contribution in [3.05, 3.63) is 48.0 Å². The number of rotatable bonds is 7. The summed E-state index contributed by atoms with van der Waals surface area (Å²) in [5.74, 6) is 1.03. The number of aromatic amines is 1. The van der Waals surface area contributed by atoms with E-state index >= 15 is 0 Å². The van der Waals surface area contributed by atoms with Crippen LogP contribution in [0.3, 0.4) is 0 Å². The SMILES string of the molecule is CCC(NC(C)c1cccc(OC(F)F)c1)c1ncc[nH]1. The topological polar surface area (TPSA) is 49.9 Å². The highest BCUT2D eigenvalue weighted by molar-refractivity contribution is 5.30. The molecule has 0 fully saturated rings. The molecule has 0 aliphatic carbocycles. The van der Waals surface area contributed by atoms with Crippen LogP contribution in [-0.4, -0.2) is 16.6 Å². The van der Waals surface area contributed by atoms with Gasteiger partial charge in [0.2, 0.25) is 0 Å². The maximum absolute atomic E-state index is 12.3. The fraction of sp³-hybridized carbons (Fsp3) is 0.400. The van der Waals surface area contributed by atoms with Crippen molar-refractivity contribution >= 4 is 0 Å². The van der Waals surface area contributed by atoms with Gasteiger partial charge in [-0.05, 0) is 31.0 Å². The number of imidazole rings is 1. The molecule has 0 radical (unpaired) electrons. The Balaban J connectivity index is 2.07. The predicted molar refractivity (Wildman–Crippen MR) is 76.2 cm³/mol. The van der Waals surface area contributed by atoms with Gasteiger partial charge in [0.15, 0.2) is 0 Å². The second kappa shape index (κ2) is 7.17. The Morgan fingerprint density at radius 1 is 1.38 bits per heavy atom. The standard InChI is InChI=1S/C15H19F2N3O/c1-3-13(14-18-7-8-19-14)20-10(2)11-5-4-6-12(9-11)21-15(16)17/h4-10,13,15,20H,3H2,1-2H3,(H,18,19). The number of ether oxygens (including phenoxy) is 1. The maximum atomic E-state index is 12.3. The summed E-state index contributed by atoms with van der Waals surface area (Å²) in [5, 5.41) is 3.43. The number of aromatic nitrogens is 2. The molecule has 2 N–H and O–H groups in total. The zero-order valence-electron chi connectivity index (χ0n) is 12.0. The summed E-state index contributed by atoms with van der Waals surface area (Å²) in [4.78, 5) is 7.33. The van der Waals surface area contributed by atoms with E-state index in [0.717, 1.165) is 17.8 Å². The van der Waals surface area contributed by atoms with Crippen LogP contribution in [0.2, 0.25) is 0 Å². The summed E-state index contributed by atoms with van der Waals surface area (Å²) >= 11 is 0. The third-order valence-corrected chi connectivity index (χ3v) is 3.29. The molecule has 6 heteroatoms. The van der Waals surface area contributed by atoms with Gasteiger partial charge >= 0.3 is 6.61 Å². The van der Waals surface area contributed by atoms with Crippen LogP contribution in [0.5, 0.6) is 5.75 Å². The minimum Gasteiger partial charge on any atom is -0.435 e. The van der Waals surface area contributed by atoms with Crippen molar-refractivity contribution in [2.24, 2.45) is 0 Å². The van der Waals surface area contributed by atoms with Crippen molar-refractivity contribution < 1.29 is 13.5 Å². The molecular formula is C15H19F2N3O. The van der Waals surface area contributed by atoms with E-state index in [4.69, 9.17) is 0 Å². The van der Waals surface area contributed by atoms with Crippen LogP contribution in [0.25, 0.3) is 0 Å². The van der Waals surface area contributed by atoms with Crippen molar-refractivity contribution in [2.45, 2.75) is 39.0 Å². The molecule has 2 rings (SSSR count). The van der Waals surface area contributed by atoms with Crippen LogP contribution >= 0.6 is 0 Å². The highest BCUT2D eigenvalue weighted by Gasteiger charge is 2.16. The van der Waals surface area contributed by atoms with Crippen molar-refractivity contribution in [2.75, 3.05) is 0 Å². The summed E-state index contributed by atoms with van der Waals surface area (Å²) in [6, 6.07) is 6.80. The minimum atomic E-state index is -2.81. The number of benzene rings is 1. The van der Waals surface area contributed by atoms with E-state index in [9.17, 15) is 8.78 Å². The molecule has 1 heterocycles. The average Bonchev–Trinajstić information content (AvgIpc) is 2.98. The molecule has 0 saturated carbocycles. The first-order chi connectivity index (χ1) is 10.1. The maximum Gasteiger partial charge on any atom is 0.387 e. The zero-order chi connectivity index (χ0) is 15.2. The molecule has 0 spiro atoms. The lowest BCUT2D eigenvalue weighted by Crippen LogP contribution is -2.25. The quantitative estimate of drug-likeness (QED) is 0.816. The summed E-state index contributed by atoms with van der Waals surface area (Å²) in [6.07, 6.45) is 4.36. The van der Waals surface area contributed by atoms with Crippen LogP contribution in [0.4, 0.5) is 8.78 Å². The monoisotopic (exact) mass is 295 g/mol. The van der Waals surface area contributed by atoms with E-state index in [1.165, 1.54) is 6.07 Å². The fourth-order valence-electron chi connectivity index (χ4n) is 2.22. The minimum absolute atomic E-state index is 0.0127. The summed E-state index contributed by atoms with van der Waals surface area (Å²) in [5.41, 5.74) is 0.887. The molecule has 0 aliphatic rings. The summed E-state index contributed by atoms with van der Waals surface area (Å²) < 4.78 is 28.9. The number of H-pyrrole nitrogens is 1. The van der Waals surface area contributed by atoms with Gasteiger partial charge in [-0.2, -0.15) is 8.78 Å². The van der Waals surface area contributed by atoms with Crippen molar-refractivity contribution in [3.63, 3.8) is 0 Å². The normalized spacial score (nSPS) is 14.1. The highest BCUT2D eigenvalue weighted by Crippen LogP contribution is 2.23. The molecule has 2 atom stereocenters. The van der Waals surface area contributed by atoms with E-state index in [1.807, 2.05) is 13.0 Å². The lowest BCUT2D eigenvalue weighted by Gasteiger charge is -2.21. The predicted octanol–water partition coefficient (Wildman–Crippen LogP) is 3.81. The van der Waals surface area contributed by atoms with Crippen molar-refractivity contribution in [1.82, 2.24) is 15.3 Å². The molecule has 2 unspecified atom stereocenters. The van der Waals surface area contributed by atoms with Gasteiger partial charge in [-0.3, -0.25) is 0 Å². The molecule has 2 aromatic rings. The van der Waals surface area contributed by atoms with Crippen molar-refractivity contribution in [3.8, 4) is 5.75 Å². The van der Waals surface area contributed by atoms with Crippen LogP contribution in [0.15, 0.2) is 36.7 Å². The Labute approximate surface area is 122 Å². The molecule has 4 nitrogen and oxygen atoms in total. The van der Waals surface area contributed by atoms with Gasteiger partial charge in [-0.1, -0.05) is 19.1 Å². The Bertz CT molecular complexity index is 546. The average molecular weight is 295 g/mol. The van der Waals surface area contributed by atoms with Crippen LogP contribution in [0.1, 0.15) is 43.7 Å². The van der Waals surface area contributed by atoms with E-state index in [2.05, 4.69) is 26.9 Å². The lowest BCUT2D eigenvalue weighted by atomic mass is 10.1. The van der Waals surface area contributed by atoms with Gasteiger partial charge in [-0.25, -0.2) is 4.98 Å². The van der Waals surface area contributed by atoms with Gasteiger partial charge in [-0.15, -0.1) is 0 Å². The first kappa shape index (κ1) is 15.4. The molecule has 21 heavy (non-hydrogen) atoms. The molecule has 0 saturated heterocycles. The Morgan fingerprint density at radius 3 is 2.81 bits per heavy atom. The number of hydrogen-bond acceptors (Lipinski definition) is 3. The molecule has 1 aromatic carbocycles. The van der Waals surface area contributed by atoms with E-state index in [-0.39, 0.29) is 17.8 Å². The fourth-order valence-corrected chi connectivity index (χ4v) is 2.22. The molecule has 1 aromatic heterocycles. The Hall–Kier alpha value is -1.95. The molecule has 114 valence electrons. The van der Waals surface area contributed by atoms with E-state index in [1.54, 1.807) is 24.5 Å². The number of nitrogens with one attached hydrogen (secondary N) is 2. The Kier molecular flexibility index (Phi) is 5.27. The summed E-state index contributed by atoms with van der Waals surface area (Å²) in [6.45, 7) is 1.23. The number of alkyl halides is 2. The second-order valence-electron chi connectivity index (χ2n) is 4.77. The van der Waals surface area contributed by atoms with Crippen LogP contribution in [-0.2, 0) is 0 Å². The first-order valence-electron chi connectivity index (χ1n) is 6.90. The third-order valence-electron chi connectivity index (χ3n) is 3.29. The van der Waals surface area contributed by atoms with Crippen LogP contribution in [0, 0.1) is 0 Å². The lowest BCUT2D eigenvalue weighted by molar-refractivity contribution is -0.0499. The number of nitrogens with zero attached hydrogens (tertiary/aromatic N) is 1. The van der Waals surface area contributed by atoms with E-state index < -0.39 is 6.61 Å². The third kappa shape index (κ3) is 4.26. The zero-order valence-corrected chi connectivity index (χ0v) is 12.0. The molecule has 0 bridgehead atoms. The van der Waals surface area contributed by atoms with Crippen LogP contribution < -0.4 is 10.1 Å². The molecule has 0 aliphatic heterocycles. The smallest absolute Gasteiger partial charge is 0.387 e. The van der Waals surface area contributed by atoms with Gasteiger partial charge in [0.1, 0.15) is 11.6 Å². The number of halogens is 2. The van der Waals surface area contributed by atoms with Gasteiger partial charge < -0.3 is 15.0 Å². The van der Waals surface area contributed by atoms with Gasteiger partial charge in [0.25, 0.3) is 0 Å². The molecular weight excluding hydrogens is 276 g/mol. The summed E-state index contributed by atoms with van der Waals surface area (Å²) in [7, 11) is 0. The molecule has 0 amide bonds. The largest absolute Gasteiger partial charge is 0.435 e. The van der Waals surface area contributed by atoms with E-state index in [0.29, 0.717) is 0 Å². The van der Waals surface area contributed by atoms with Gasteiger partial charge in [0, 0.05) is 18.4 Å². The van der Waals surface area contributed by atoms with Gasteiger partial charge in [0.05, 0.1) is 6.04 Å². The van der Waals surface area contributed by atoms with Crippen molar-refractivity contribution in [1.29, 1.82) is 0 Å². The first-order valence-corrected chi connectivity index (χ1v) is 6.90. The number of hydrogen-bond donors (Lipinski definition) is 2.